The van der Waals surface area contributed by atoms with Gasteiger partial charge in [-0.15, -0.1) is 12.4 Å². The fourth-order valence-corrected chi connectivity index (χ4v) is 3.39. The van der Waals surface area contributed by atoms with E-state index in [9.17, 15) is 4.79 Å². The van der Waals surface area contributed by atoms with Crippen molar-refractivity contribution in [2.24, 2.45) is 0 Å². The van der Waals surface area contributed by atoms with Gasteiger partial charge in [0.05, 0.1) is 11.6 Å². The van der Waals surface area contributed by atoms with Gasteiger partial charge in [0.15, 0.2) is 0 Å². The van der Waals surface area contributed by atoms with E-state index >= 15 is 0 Å². The number of carbonyl (C=O) groups is 1. The molecule has 1 N–H and O–H groups in total. The molecule has 4 nitrogen and oxygen atoms in total. The lowest BCUT2D eigenvalue weighted by molar-refractivity contribution is -0.132. The predicted molar refractivity (Wildman–Crippen MR) is 94.9 cm³/mol. The first kappa shape index (κ1) is 19.3. The van der Waals surface area contributed by atoms with Crippen molar-refractivity contribution in [2.75, 3.05) is 20.2 Å². The zero-order valence-corrected chi connectivity index (χ0v) is 15.7. The average molecular weight is 392 g/mol. The fourth-order valence-electron chi connectivity index (χ4n) is 2.81. The number of halogens is 2. The number of benzene rings is 1. The first-order chi connectivity index (χ1) is 9.99. The molecule has 124 valence electrons. The summed E-state index contributed by atoms with van der Waals surface area (Å²) in [7, 11) is 1.65. The largest absolute Gasteiger partial charge is 0.496 e. The molecule has 0 aliphatic carbocycles. The van der Waals surface area contributed by atoms with Crippen molar-refractivity contribution in [3.05, 3.63) is 28.2 Å². The zero-order chi connectivity index (χ0) is 15.4. The van der Waals surface area contributed by atoms with E-state index in [1.165, 1.54) is 0 Å². The van der Waals surface area contributed by atoms with Crippen LogP contribution >= 0.6 is 28.3 Å². The van der Waals surface area contributed by atoms with Crippen LogP contribution in [-0.2, 0) is 11.2 Å². The van der Waals surface area contributed by atoms with Crippen LogP contribution < -0.4 is 10.1 Å². The molecule has 1 aromatic rings. The maximum atomic E-state index is 12.3. The predicted octanol–water partition coefficient (Wildman–Crippen LogP) is 3.02. The summed E-state index contributed by atoms with van der Waals surface area (Å²) < 4.78 is 6.15. The highest BCUT2D eigenvalue weighted by Crippen LogP contribution is 2.26. The van der Waals surface area contributed by atoms with Gasteiger partial charge in [-0.2, -0.15) is 0 Å². The summed E-state index contributed by atoms with van der Waals surface area (Å²) in [5.74, 6) is 1.05. The number of hydrogen-bond donors (Lipinski definition) is 1. The minimum Gasteiger partial charge on any atom is -0.496 e. The molecule has 1 fully saturated rings. The Balaban J connectivity index is 0.00000242. The normalized spacial score (nSPS) is 21.2. The van der Waals surface area contributed by atoms with Gasteiger partial charge >= 0.3 is 0 Å². The molecule has 0 aromatic heterocycles. The molecule has 2 unspecified atom stereocenters. The minimum absolute atomic E-state index is 0. The molecule has 1 saturated heterocycles. The summed E-state index contributed by atoms with van der Waals surface area (Å²) in [6.07, 6.45) is 1.31. The highest BCUT2D eigenvalue weighted by molar-refractivity contribution is 9.10. The third-order valence-corrected chi connectivity index (χ3v) is 4.37. The van der Waals surface area contributed by atoms with Crippen LogP contribution in [0.3, 0.4) is 0 Å². The van der Waals surface area contributed by atoms with Crippen LogP contribution in [0.15, 0.2) is 22.7 Å². The summed E-state index contributed by atoms with van der Waals surface area (Å²) in [5.41, 5.74) is 1.15. The number of aryl methyl sites for hydroxylation is 1. The third-order valence-electron chi connectivity index (χ3n) is 3.75. The van der Waals surface area contributed by atoms with Crippen molar-refractivity contribution in [1.29, 1.82) is 0 Å². The number of amides is 1. The van der Waals surface area contributed by atoms with Gasteiger partial charge in [0.2, 0.25) is 5.91 Å². The Kier molecular flexibility index (Phi) is 7.66. The molecule has 1 amide bonds. The van der Waals surface area contributed by atoms with Crippen LogP contribution in [0.25, 0.3) is 0 Å². The SMILES string of the molecule is COc1ccc(CCC(=O)N2CC(C)NC(C)C2)cc1Br.Cl. The lowest BCUT2D eigenvalue weighted by Crippen LogP contribution is -2.55. The number of piperazine rings is 1. The lowest BCUT2D eigenvalue weighted by atomic mass is 10.1. The molecule has 2 atom stereocenters. The Bertz CT molecular complexity index is 503. The van der Waals surface area contributed by atoms with Crippen LogP contribution in [0, 0.1) is 0 Å². The molecule has 0 bridgehead atoms. The number of carbonyl (C=O) groups excluding carboxylic acids is 1. The van der Waals surface area contributed by atoms with E-state index in [1.807, 2.05) is 23.1 Å². The number of nitrogens with one attached hydrogen (secondary N) is 1. The van der Waals surface area contributed by atoms with Gasteiger partial charge in [0, 0.05) is 31.6 Å². The van der Waals surface area contributed by atoms with E-state index in [0.717, 1.165) is 35.3 Å². The number of methoxy groups -OCH3 is 1. The van der Waals surface area contributed by atoms with Gasteiger partial charge in [-0.05, 0) is 53.9 Å². The monoisotopic (exact) mass is 390 g/mol. The van der Waals surface area contributed by atoms with Gasteiger partial charge in [0.25, 0.3) is 0 Å². The summed E-state index contributed by atoms with van der Waals surface area (Å²) >= 11 is 3.48. The summed E-state index contributed by atoms with van der Waals surface area (Å²) in [5, 5.41) is 3.44. The highest BCUT2D eigenvalue weighted by Gasteiger charge is 2.24. The Morgan fingerprint density at radius 2 is 2.00 bits per heavy atom. The molecule has 2 rings (SSSR count). The molecular formula is C16H24BrClN2O2. The standard InChI is InChI=1S/C16H23BrN2O2.ClH/c1-11-9-19(10-12(2)18-11)16(20)7-5-13-4-6-15(21-3)14(17)8-13;/h4,6,8,11-12,18H,5,7,9-10H2,1-3H3;1H. The van der Waals surface area contributed by atoms with Crippen molar-refractivity contribution >= 4 is 34.2 Å². The molecule has 0 saturated carbocycles. The molecular weight excluding hydrogens is 368 g/mol. The van der Waals surface area contributed by atoms with E-state index < -0.39 is 0 Å². The maximum absolute atomic E-state index is 12.3. The average Bonchev–Trinajstić information content (AvgIpc) is 2.43. The second-order valence-corrected chi connectivity index (χ2v) is 6.59. The fraction of sp³-hybridized carbons (Fsp3) is 0.562. The van der Waals surface area contributed by atoms with E-state index in [-0.39, 0.29) is 18.3 Å². The molecule has 1 heterocycles. The second-order valence-electron chi connectivity index (χ2n) is 5.74. The van der Waals surface area contributed by atoms with Gasteiger partial charge < -0.3 is 15.0 Å². The maximum Gasteiger partial charge on any atom is 0.223 e. The van der Waals surface area contributed by atoms with Gasteiger partial charge in [-0.3, -0.25) is 4.79 Å². The number of nitrogens with zero attached hydrogens (tertiary/aromatic N) is 1. The van der Waals surface area contributed by atoms with Crippen molar-refractivity contribution in [2.45, 2.75) is 38.8 Å². The van der Waals surface area contributed by atoms with Gasteiger partial charge in [-0.25, -0.2) is 0 Å². The molecule has 6 heteroatoms. The van der Waals surface area contributed by atoms with Gasteiger partial charge in [-0.1, -0.05) is 6.07 Å². The van der Waals surface area contributed by atoms with Crippen LogP contribution in [0.4, 0.5) is 0 Å². The second kappa shape index (κ2) is 8.75. The first-order valence-corrected chi connectivity index (χ1v) is 8.15. The third kappa shape index (κ3) is 5.14. The Hall–Kier alpha value is -0.780. The number of hydrogen-bond acceptors (Lipinski definition) is 3. The smallest absolute Gasteiger partial charge is 0.223 e. The quantitative estimate of drug-likeness (QED) is 0.858. The molecule has 0 radical (unpaired) electrons. The topological polar surface area (TPSA) is 41.6 Å². The van der Waals surface area contributed by atoms with Crippen molar-refractivity contribution in [1.82, 2.24) is 10.2 Å². The summed E-state index contributed by atoms with van der Waals surface area (Å²) in [6, 6.07) is 6.70. The van der Waals surface area contributed by atoms with Crippen LogP contribution in [0.1, 0.15) is 25.8 Å². The van der Waals surface area contributed by atoms with Crippen LogP contribution in [0.5, 0.6) is 5.75 Å². The molecule has 0 spiro atoms. The molecule has 1 aromatic carbocycles. The van der Waals surface area contributed by atoms with E-state index in [4.69, 9.17) is 4.74 Å². The Labute approximate surface area is 147 Å². The minimum atomic E-state index is 0. The summed E-state index contributed by atoms with van der Waals surface area (Å²) in [4.78, 5) is 14.3. The van der Waals surface area contributed by atoms with E-state index in [2.05, 4.69) is 35.1 Å². The summed E-state index contributed by atoms with van der Waals surface area (Å²) in [6.45, 7) is 5.85. The lowest BCUT2D eigenvalue weighted by Gasteiger charge is -2.36. The zero-order valence-electron chi connectivity index (χ0n) is 13.3. The number of ether oxygens (including phenoxy) is 1. The first-order valence-electron chi connectivity index (χ1n) is 7.36. The molecule has 1 aliphatic heterocycles. The van der Waals surface area contributed by atoms with E-state index in [1.54, 1.807) is 7.11 Å². The molecule has 1 aliphatic rings. The van der Waals surface area contributed by atoms with E-state index in [0.29, 0.717) is 18.5 Å². The highest BCUT2D eigenvalue weighted by atomic mass is 79.9. The van der Waals surface area contributed by atoms with Crippen LogP contribution in [-0.4, -0.2) is 43.1 Å². The van der Waals surface area contributed by atoms with Gasteiger partial charge in [0.1, 0.15) is 5.75 Å². The van der Waals surface area contributed by atoms with Crippen molar-refractivity contribution in [3.8, 4) is 5.75 Å². The molecule has 22 heavy (non-hydrogen) atoms. The Morgan fingerprint density at radius 3 is 2.55 bits per heavy atom. The Morgan fingerprint density at radius 1 is 1.36 bits per heavy atom. The van der Waals surface area contributed by atoms with Crippen molar-refractivity contribution < 1.29 is 9.53 Å². The van der Waals surface area contributed by atoms with Crippen molar-refractivity contribution in [3.63, 3.8) is 0 Å². The van der Waals surface area contributed by atoms with Crippen LogP contribution in [0.2, 0.25) is 0 Å². The number of rotatable bonds is 4.